The Kier molecular flexibility index (Phi) is 0.400. The van der Waals surface area contributed by atoms with Gasteiger partial charge in [0.05, 0.1) is 0 Å². The minimum Gasteiger partial charge on any atom is -0.0861 e. The highest BCUT2D eigenvalue weighted by Crippen LogP contribution is 1.95. The molecule has 0 aromatic carbocycles. The third-order valence-corrected chi connectivity index (χ3v) is 0.634. The summed E-state index contributed by atoms with van der Waals surface area (Å²) in [5, 5.41) is 0. The number of hydrogen-bond acceptors (Lipinski definition) is 0. The van der Waals surface area contributed by atoms with E-state index in [-0.39, 0.29) is 0 Å². The lowest BCUT2D eigenvalue weighted by molar-refractivity contribution is 0.763. The van der Waals surface area contributed by atoms with Gasteiger partial charge in [0.2, 0.25) is 0 Å². The van der Waals surface area contributed by atoms with Gasteiger partial charge in [0.25, 0.3) is 0 Å². The maximum Gasteiger partial charge on any atom is 0.0380 e. The fourth-order valence-corrected chi connectivity index (χ4v) is 0. The van der Waals surface area contributed by atoms with Gasteiger partial charge in [-0.2, -0.15) is 0 Å². The number of hydrogen-bond donors (Lipinski definition) is 0. The second-order valence-corrected chi connectivity index (χ2v) is 1.01. The molecule has 0 saturated heterocycles. The summed E-state index contributed by atoms with van der Waals surface area (Å²) in [6.07, 6.45) is 0. The third kappa shape index (κ3) is 4.73. The zero-order valence-corrected chi connectivity index (χ0v) is 4.54. The summed E-state index contributed by atoms with van der Waals surface area (Å²) in [7, 11) is 0. The molecule has 0 bridgehead atoms. The molecular formula is C4H9I. The molecule has 0 aliphatic heterocycles. The average Bonchev–Trinajstić information content (AvgIpc) is 1.77. The van der Waals surface area contributed by atoms with Crippen molar-refractivity contribution < 1.29 is 12.3 Å². The Hall–Kier alpha value is 0.730. The molecule has 5 heavy (non-hydrogen) atoms. The molecule has 0 rings (SSSR count). The van der Waals surface area contributed by atoms with E-state index < -0.39 is 24.0 Å². The van der Waals surface area contributed by atoms with Crippen LogP contribution in [0.3, 0.4) is 0 Å². The Balaban J connectivity index is 5.54. The van der Waals surface area contributed by atoms with Gasteiger partial charge in [-0.3, -0.25) is 0 Å². The van der Waals surface area contributed by atoms with Gasteiger partial charge in [-0.15, -0.1) is 0 Å². The van der Waals surface area contributed by atoms with Crippen molar-refractivity contribution in [3.63, 3.8) is 0 Å². The molecule has 1 heteroatoms. The van der Waals surface area contributed by atoms with Gasteiger partial charge in [0, 0.05) is 16.7 Å². The zero-order valence-electron chi connectivity index (χ0n) is 11.4. The average molecular weight is 193 g/mol. The van der Waals surface area contributed by atoms with Gasteiger partial charge in [-0.25, -0.2) is 0 Å². The van der Waals surface area contributed by atoms with Crippen molar-refractivity contribution >= 4 is 22.6 Å². The van der Waals surface area contributed by atoms with Gasteiger partial charge < -0.3 is 0 Å². The quantitative estimate of drug-likeness (QED) is 0.441. The normalized spacial score (nSPS) is 46.2. The smallest absolute Gasteiger partial charge is 0.0380 e. The van der Waals surface area contributed by atoms with Crippen molar-refractivity contribution in [3.05, 3.63) is 0 Å². The summed E-state index contributed by atoms with van der Waals surface area (Å²) in [5.41, 5.74) is 0. The van der Waals surface area contributed by atoms with Gasteiger partial charge in [0.1, 0.15) is 0 Å². The van der Waals surface area contributed by atoms with Crippen LogP contribution in [0.2, 0.25) is 0 Å². The first-order valence-electron chi connectivity index (χ1n) is 5.44. The lowest BCUT2D eigenvalue weighted by atomic mass is 10.3. The molecule has 0 aliphatic carbocycles. The summed E-state index contributed by atoms with van der Waals surface area (Å²) in [6.45, 7) is -6.41. The topological polar surface area (TPSA) is 0 Å². The largest absolute Gasteiger partial charge is 0.0861 e. The Morgan fingerprint density at radius 2 is 3.00 bits per heavy atom. The molecule has 0 unspecified atom stereocenters. The van der Waals surface area contributed by atoms with E-state index in [1.54, 1.807) is 0 Å². The monoisotopic (exact) mass is 193 g/mol. The predicted molar refractivity (Wildman–Crippen MR) is 33.7 cm³/mol. The minimum absolute atomic E-state index is 1.03. The van der Waals surface area contributed by atoms with Crippen molar-refractivity contribution in [2.45, 2.75) is 13.7 Å². The molecule has 0 aliphatic rings. The lowest BCUT2D eigenvalue weighted by Gasteiger charge is -1.88. The van der Waals surface area contributed by atoms with E-state index in [1.807, 2.05) is 0 Å². The highest BCUT2D eigenvalue weighted by atomic mass is 127. The minimum atomic E-state index is -3.21. The van der Waals surface area contributed by atoms with Crippen LogP contribution in [0.5, 0.6) is 0 Å². The maximum atomic E-state index is 7.37. The van der Waals surface area contributed by atoms with Crippen LogP contribution in [-0.4, -0.2) is 4.38 Å². The molecule has 32 valence electrons. The van der Waals surface area contributed by atoms with Crippen LogP contribution < -0.4 is 0 Å². The fourth-order valence-electron chi connectivity index (χ4n) is 0. The maximum absolute atomic E-state index is 7.37. The Labute approximate surface area is 59.7 Å². The van der Waals surface area contributed by atoms with E-state index in [4.69, 9.17) is 12.3 Å². The molecule has 0 aromatic heterocycles. The Morgan fingerprint density at radius 3 is 3.00 bits per heavy atom. The van der Waals surface area contributed by atoms with Gasteiger partial charge in [-0.05, 0) is 5.89 Å². The Morgan fingerprint density at radius 1 is 2.40 bits per heavy atom. The number of rotatable bonds is 1. The first kappa shape index (κ1) is 0.680. The van der Waals surface area contributed by atoms with E-state index in [0.717, 1.165) is 22.6 Å². The molecule has 0 radical (unpaired) electrons. The van der Waals surface area contributed by atoms with Crippen LogP contribution >= 0.6 is 22.6 Å². The lowest BCUT2D eigenvalue weighted by Crippen LogP contribution is -1.82. The SMILES string of the molecule is [2H]C([2H])([2H])C([2H])(C([2H])([2H])[2H])C([2H])([2H])I. The molecule has 0 nitrogen and oxygen atoms in total. The molecule has 0 N–H and O–H groups in total. The molecular weight excluding hydrogens is 175 g/mol. The van der Waals surface area contributed by atoms with Crippen molar-refractivity contribution in [2.24, 2.45) is 5.89 Å². The third-order valence-electron chi connectivity index (χ3n) is 0.0945. The number of halogens is 1. The first-order valence-corrected chi connectivity index (χ1v) is 2.02. The van der Waals surface area contributed by atoms with Crippen LogP contribution in [0.25, 0.3) is 0 Å². The van der Waals surface area contributed by atoms with Crippen LogP contribution in [0, 0.1) is 5.89 Å². The van der Waals surface area contributed by atoms with E-state index in [9.17, 15) is 0 Å². The molecule has 0 aromatic rings. The summed E-state index contributed by atoms with van der Waals surface area (Å²) in [6, 6.07) is 0. The molecule has 0 atom stereocenters. The van der Waals surface area contributed by atoms with Crippen molar-refractivity contribution in [1.82, 2.24) is 0 Å². The summed E-state index contributed by atoms with van der Waals surface area (Å²) in [5.74, 6) is -3.12. The molecule has 0 amide bonds. The molecule has 0 saturated carbocycles. The van der Waals surface area contributed by atoms with E-state index in [0.29, 0.717) is 0 Å². The highest BCUT2D eigenvalue weighted by molar-refractivity contribution is 14.1. The van der Waals surface area contributed by atoms with Gasteiger partial charge in [-0.1, -0.05) is 36.3 Å². The first-order chi connectivity index (χ1) is 5.75. The summed E-state index contributed by atoms with van der Waals surface area (Å²) < 4.78 is 60.6. The standard InChI is InChI=1S/C4H9I/c1-4(2)3-5/h4H,3H2,1-2H3/i1D3,2D3,3D2,4D. The van der Waals surface area contributed by atoms with Gasteiger partial charge in [0.15, 0.2) is 0 Å². The van der Waals surface area contributed by atoms with Crippen LogP contribution in [0.4, 0.5) is 0 Å². The second kappa shape index (κ2) is 2.94. The van der Waals surface area contributed by atoms with E-state index in [1.165, 1.54) is 0 Å². The van der Waals surface area contributed by atoms with Crippen LogP contribution in [-0.2, 0) is 0 Å². The summed E-state index contributed by atoms with van der Waals surface area (Å²) in [4.78, 5) is 0. The Bertz CT molecular complexity index is 170. The fraction of sp³-hybridized carbons (Fsp3) is 1.00. The zero-order chi connectivity index (χ0) is 12.0. The molecule has 0 fully saturated rings. The molecule has 0 spiro atoms. The second-order valence-electron chi connectivity index (χ2n) is 0.469. The predicted octanol–water partition coefficient (Wildman–Crippen LogP) is 2.08. The van der Waals surface area contributed by atoms with Crippen LogP contribution in [0.1, 0.15) is 26.0 Å². The van der Waals surface area contributed by atoms with E-state index >= 15 is 0 Å². The van der Waals surface area contributed by atoms with Crippen molar-refractivity contribution in [1.29, 1.82) is 0 Å². The number of alkyl halides is 1. The van der Waals surface area contributed by atoms with Crippen molar-refractivity contribution in [3.8, 4) is 0 Å². The van der Waals surface area contributed by atoms with Crippen molar-refractivity contribution in [2.75, 3.05) is 4.38 Å². The molecule has 0 heterocycles. The van der Waals surface area contributed by atoms with Gasteiger partial charge >= 0.3 is 0 Å². The summed E-state index contributed by atoms with van der Waals surface area (Å²) >= 11 is 1.03. The van der Waals surface area contributed by atoms with Crippen LogP contribution in [0.15, 0.2) is 0 Å². The highest BCUT2D eigenvalue weighted by Gasteiger charge is 1.81. The van der Waals surface area contributed by atoms with E-state index in [2.05, 4.69) is 0 Å².